The second kappa shape index (κ2) is 3.30. The third-order valence-corrected chi connectivity index (χ3v) is 2.26. The molecule has 1 rings (SSSR count). The van der Waals surface area contributed by atoms with Gasteiger partial charge in [0.25, 0.3) is 0 Å². The average Bonchev–Trinajstić information content (AvgIpc) is 2.29. The van der Waals surface area contributed by atoms with Crippen molar-refractivity contribution in [1.82, 2.24) is 10.2 Å². The van der Waals surface area contributed by atoms with Gasteiger partial charge in [0.2, 0.25) is 0 Å². The summed E-state index contributed by atoms with van der Waals surface area (Å²) in [7, 11) is 0. The van der Waals surface area contributed by atoms with E-state index >= 15 is 0 Å². The molecule has 0 unspecified atom stereocenters. The Balaban J connectivity index is 2.85. The van der Waals surface area contributed by atoms with E-state index in [2.05, 4.69) is 44.8 Å². The number of rotatable bonds is 2. The summed E-state index contributed by atoms with van der Waals surface area (Å²) in [4.78, 5) is 0. The summed E-state index contributed by atoms with van der Waals surface area (Å²) in [5.74, 6) is 0.641. The van der Waals surface area contributed by atoms with Crippen molar-refractivity contribution in [2.75, 3.05) is 5.73 Å². The Morgan fingerprint density at radius 2 is 1.86 bits per heavy atom. The topological polar surface area (TPSA) is 54.7 Å². The predicted octanol–water partition coefficient (Wildman–Crippen LogP) is 2.71. The van der Waals surface area contributed by atoms with Gasteiger partial charge in [0, 0.05) is 11.5 Å². The quantitative estimate of drug-likeness (QED) is 0.762. The Morgan fingerprint density at radius 3 is 2.21 bits per heavy atom. The van der Waals surface area contributed by atoms with Gasteiger partial charge in [-0.2, -0.15) is 5.10 Å². The fraction of sp³-hybridized carbons (Fsp3) is 0.727. The van der Waals surface area contributed by atoms with Crippen LogP contribution in [0.25, 0.3) is 0 Å². The van der Waals surface area contributed by atoms with Crippen molar-refractivity contribution in [3.05, 3.63) is 11.8 Å². The maximum atomic E-state index is 5.62. The molecule has 0 radical (unpaired) electrons. The summed E-state index contributed by atoms with van der Waals surface area (Å²) in [5, 5.41) is 7.01. The molecule has 14 heavy (non-hydrogen) atoms. The Kier molecular flexibility index (Phi) is 2.61. The van der Waals surface area contributed by atoms with Gasteiger partial charge in [-0.25, -0.2) is 0 Å². The molecule has 0 saturated heterocycles. The number of H-pyrrole nitrogens is 1. The summed E-state index contributed by atoms with van der Waals surface area (Å²) in [6.07, 6.45) is 1.09. The first-order chi connectivity index (χ1) is 6.21. The molecule has 0 atom stereocenters. The lowest BCUT2D eigenvalue weighted by atomic mass is 9.74. The van der Waals surface area contributed by atoms with Crippen LogP contribution in [0.5, 0.6) is 0 Å². The zero-order valence-corrected chi connectivity index (χ0v) is 9.81. The average molecular weight is 195 g/mol. The van der Waals surface area contributed by atoms with E-state index in [0.717, 1.165) is 12.1 Å². The summed E-state index contributed by atoms with van der Waals surface area (Å²) in [6, 6.07) is 1.92. The summed E-state index contributed by atoms with van der Waals surface area (Å²) >= 11 is 0. The van der Waals surface area contributed by atoms with Crippen molar-refractivity contribution >= 4 is 5.82 Å². The number of nitrogen functional groups attached to an aromatic ring is 1. The molecule has 1 aromatic heterocycles. The maximum Gasteiger partial charge on any atom is 0.119 e. The first kappa shape index (κ1) is 11.1. The number of aromatic nitrogens is 2. The summed E-state index contributed by atoms with van der Waals surface area (Å²) in [5.41, 5.74) is 7.05. The van der Waals surface area contributed by atoms with Crippen LogP contribution >= 0.6 is 0 Å². The third-order valence-electron chi connectivity index (χ3n) is 2.26. The van der Waals surface area contributed by atoms with Crippen LogP contribution in [0.3, 0.4) is 0 Å². The Bertz CT molecular complexity index is 305. The second-order valence-electron chi connectivity index (χ2n) is 5.83. The monoisotopic (exact) mass is 195 g/mol. The van der Waals surface area contributed by atoms with Crippen LogP contribution in [0.4, 0.5) is 5.82 Å². The predicted molar refractivity (Wildman–Crippen MR) is 60.1 cm³/mol. The van der Waals surface area contributed by atoms with Gasteiger partial charge in [-0.05, 0) is 11.8 Å². The Labute approximate surface area is 86.1 Å². The normalized spacial score (nSPS) is 13.2. The number of anilines is 1. The first-order valence-corrected chi connectivity index (χ1v) is 5.02. The number of nitrogens with one attached hydrogen (secondary N) is 1. The number of hydrogen-bond acceptors (Lipinski definition) is 2. The van der Waals surface area contributed by atoms with Crippen molar-refractivity contribution in [3.8, 4) is 0 Å². The highest BCUT2D eigenvalue weighted by molar-refractivity contribution is 5.31. The van der Waals surface area contributed by atoms with E-state index < -0.39 is 0 Å². The van der Waals surface area contributed by atoms with Crippen LogP contribution in [0.15, 0.2) is 6.07 Å². The van der Waals surface area contributed by atoms with Crippen molar-refractivity contribution in [2.24, 2.45) is 5.41 Å². The van der Waals surface area contributed by atoms with Gasteiger partial charge < -0.3 is 5.73 Å². The van der Waals surface area contributed by atoms with Crippen LogP contribution in [0.2, 0.25) is 0 Å². The molecule has 0 aromatic carbocycles. The van der Waals surface area contributed by atoms with Gasteiger partial charge in [0.05, 0.1) is 5.69 Å². The minimum Gasteiger partial charge on any atom is -0.384 e. The second-order valence-corrected chi connectivity index (χ2v) is 5.83. The fourth-order valence-corrected chi connectivity index (χ4v) is 2.10. The number of nitrogens with zero attached hydrogens (tertiary/aromatic N) is 1. The van der Waals surface area contributed by atoms with E-state index in [0.29, 0.717) is 11.2 Å². The van der Waals surface area contributed by atoms with Gasteiger partial charge in [-0.15, -0.1) is 0 Å². The molecule has 3 heteroatoms. The molecule has 0 aliphatic heterocycles. The standard InChI is InChI=1S/C11H21N3/c1-10(2,3)7-11(4,5)8-6-9(12)14-13-8/h6H,7H2,1-5H3,(H3,12,13,14). The zero-order chi connectivity index (χ0) is 11.0. The third kappa shape index (κ3) is 2.76. The van der Waals surface area contributed by atoms with E-state index in [-0.39, 0.29) is 5.41 Å². The van der Waals surface area contributed by atoms with E-state index in [1.807, 2.05) is 6.07 Å². The van der Waals surface area contributed by atoms with E-state index in [4.69, 9.17) is 5.73 Å². The number of hydrogen-bond donors (Lipinski definition) is 2. The van der Waals surface area contributed by atoms with Crippen LogP contribution in [-0.4, -0.2) is 10.2 Å². The molecule has 1 aromatic rings. The molecule has 1 heterocycles. The van der Waals surface area contributed by atoms with Crippen LogP contribution in [0, 0.1) is 5.41 Å². The van der Waals surface area contributed by atoms with E-state index in [1.54, 1.807) is 0 Å². The SMILES string of the molecule is CC(C)(C)CC(C)(C)c1cc(N)[nH]n1. The highest BCUT2D eigenvalue weighted by Gasteiger charge is 2.29. The fourth-order valence-electron chi connectivity index (χ4n) is 2.10. The minimum atomic E-state index is 0.0758. The highest BCUT2D eigenvalue weighted by Crippen LogP contribution is 2.35. The van der Waals surface area contributed by atoms with Crippen molar-refractivity contribution < 1.29 is 0 Å². The van der Waals surface area contributed by atoms with E-state index in [1.165, 1.54) is 0 Å². The highest BCUT2D eigenvalue weighted by atomic mass is 15.2. The van der Waals surface area contributed by atoms with Crippen LogP contribution in [-0.2, 0) is 5.41 Å². The Hall–Kier alpha value is -0.990. The molecular formula is C11H21N3. The lowest BCUT2D eigenvalue weighted by Crippen LogP contribution is -2.25. The first-order valence-electron chi connectivity index (χ1n) is 5.02. The lowest BCUT2D eigenvalue weighted by Gasteiger charge is -2.30. The zero-order valence-electron chi connectivity index (χ0n) is 9.81. The van der Waals surface area contributed by atoms with Gasteiger partial charge in [-0.3, -0.25) is 5.10 Å². The van der Waals surface area contributed by atoms with Gasteiger partial charge in [0.1, 0.15) is 5.82 Å². The minimum absolute atomic E-state index is 0.0758. The summed E-state index contributed by atoms with van der Waals surface area (Å²) < 4.78 is 0. The molecule has 0 aliphatic rings. The van der Waals surface area contributed by atoms with Crippen molar-refractivity contribution in [2.45, 2.75) is 46.5 Å². The molecule has 0 saturated carbocycles. The largest absolute Gasteiger partial charge is 0.384 e. The number of aromatic amines is 1. The molecule has 0 amide bonds. The molecule has 3 nitrogen and oxygen atoms in total. The summed E-state index contributed by atoms with van der Waals surface area (Å²) in [6.45, 7) is 11.1. The van der Waals surface area contributed by atoms with Crippen LogP contribution < -0.4 is 5.73 Å². The van der Waals surface area contributed by atoms with Gasteiger partial charge in [-0.1, -0.05) is 34.6 Å². The van der Waals surface area contributed by atoms with E-state index in [9.17, 15) is 0 Å². The molecular weight excluding hydrogens is 174 g/mol. The van der Waals surface area contributed by atoms with Gasteiger partial charge >= 0.3 is 0 Å². The Morgan fingerprint density at radius 1 is 1.29 bits per heavy atom. The molecule has 3 N–H and O–H groups in total. The molecule has 80 valence electrons. The van der Waals surface area contributed by atoms with Crippen molar-refractivity contribution in [1.29, 1.82) is 0 Å². The van der Waals surface area contributed by atoms with Crippen LogP contribution in [0.1, 0.15) is 46.7 Å². The molecule has 0 aliphatic carbocycles. The smallest absolute Gasteiger partial charge is 0.119 e. The molecule has 0 fully saturated rings. The van der Waals surface area contributed by atoms with Crippen molar-refractivity contribution in [3.63, 3.8) is 0 Å². The molecule has 0 spiro atoms. The van der Waals surface area contributed by atoms with Gasteiger partial charge in [0.15, 0.2) is 0 Å². The molecule has 0 bridgehead atoms. The lowest BCUT2D eigenvalue weighted by molar-refractivity contribution is 0.279. The number of nitrogens with two attached hydrogens (primary N) is 1. The maximum absolute atomic E-state index is 5.62.